The van der Waals surface area contributed by atoms with Crippen LogP contribution in [-0.4, -0.2) is 36.7 Å². The second kappa shape index (κ2) is 6.06. The fourth-order valence-electron chi connectivity index (χ4n) is 1.65. The summed E-state index contributed by atoms with van der Waals surface area (Å²) in [5.41, 5.74) is 0. The van der Waals surface area contributed by atoms with Crippen LogP contribution in [0.4, 0.5) is 4.79 Å². The molecule has 0 bridgehead atoms. The lowest BCUT2D eigenvalue weighted by Crippen LogP contribution is -2.39. The molecule has 1 rings (SSSR count). The first-order valence-corrected chi connectivity index (χ1v) is 5.74. The highest BCUT2D eigenvalue weighted by molar-refractivity contribution is 5.64. The summed E-state index contributed by atoms with van der Waals surface area (Å²) in [7, 11) is 0. The van der Waals surface area contributed by atoms with E-state index in [9.17, 15) is 4.79 Å². The highest BCUT2D eigenvalue weighted by Crippen LogP contribution is 2.23. The maximum Gasteiger partial charge on any atom is 0.404 e. The van der Waals surface area contributed by atoms with Crippen LogP contribution in [0.5, 0.6) is 0 Å². The van der Waals surface area contributed by atoms with Crippen molar-refractivity contribution in [3.63, 3.8) is 0 Å². The van der Waals surface area contributed by atoms with E-state index in [4.69, 9.17) is 14.6 Å². The summed E-state index contributed by atoms with van der Waals surface area (Å²) in [5.74, 6) is -0.000636. The Morgan fingerprint density at radius 3 is 2.56 bits per heavy atom. The summed E-state index contributed by atoms with van der Waals surface area (Å²) in [5, 5.41) is 10.7. The first-order valence-electron chi connectivity index (χ1n) is 5.74. The molecule has 0 unspecified atom stereocenters. The average molecular weight is 231 g/mol. The normalized spacial score (nSPS) is 20.6. The summed E-state index contributed by atoms with van der Waals surface area (Å²) in [6.07, 6.45) is 1.94. The number of carboxylic acid groups (broad SMARTS) is 1. The monoisotopic (exact) mass is 231 g/mol. The van der Waals surface area contributed by atoms with E-state index in [-0.39, 0.29) is 0 Å². The largest absolute Gasteiger partial charge is 0.465 e. The molecular weight excluding hydrogens is 210 g/mol. The van der Waals surface area contributed by atoms with Crippen LogP contribution in [0.1, 0.15) is 33.1 Å². The summed E-state index contributed by atoms with van der Waals surface area (Å²) < 4.78 is 11.1. The molecule has 94 valence electrons. The molecule has 5 nitrogen and oxygen atoms in total. The molecule has 0 atom stereocenters. The van der Waals surface area contributed by atoms with Crippen LogP contribution in [0.25, 0.3) is 0 Å². The van der Waals surface area contributed by atoms with Crippen molar-refractivity contribution >= 4 is 6.09 Å². The molecule has 1 saturated heterocycles. The number of rotatable bonds is 5. The van der Waals surface area contributed by atoms with Gasteiger partial charge in [-0.15, -0.1) is 0 Å². The van der Waals surface area contributed by atoms with Gasteiger partial charge in [-0.05, 0) is 26.7 Å². The zero-order valence-electron chi connectivity index (χ0n) is 9.99. The van der Waals surface area contributed by atoms with Crippen molar-refractivity contribution in [3.05, 3.63) is 0 Å². The number of amides is 1. The van der Waals surface area contributed by atoms with E-state index < -0.39 is 11.9 Å². The first kappa shape index (κ1) is 13.3. The van der Waals surface area contributed by atoms with E-state index in [0.29, 0.717) is 12.5 Å². The molecule has 0 radical (unpaired) electrons. The Hall–Kier alpha value is -0.810. The molecule has 1 aliphatic heterocycles. The molecule has 1 amide bonds. The van der Waals surface area contributed by atoms with E-state index in [2.05, 4.69) is 5.32 Å². The van der Waals surface area contributed by atoms with Crippen molar-refractivity contribution in [1.82, 2.24) is 5.32 Å². The fourth-order valence-corrected chi connectivity index (χ4v) is 1.65. The molecule has 2 N–H and O–H groups in total. The quantitative estimate of drug-likeness (QED) is 0.708. The lowest BCUT2D eigenvalue weighted by molar-refractivity contribution is -0.262. The van der Waals surface area contributed by atoms with E-state index in [0.717, 1.165) is 32.5 Å². The van der Waals surface area contributed by atoms with Gasteiger partial charge < -0.3 is 19.9 Å². The van der Waals surface area contributed by atoms with Gasteiger partial charge in [0.2, 0.25) is 0 Å². The van der Waals surface area contributed by atoms with Gasteiger partial charge >= 0.3 is 6.09 Å². The smallest absolute Gasteiger partial charge is 0.404 e. The molecule has 0 aromatic carbocycles. The molecule has 0 aliphatic carbocycles. The van der Waals surface area contributed by atoms with Gasteiger partial charge in [0, 0.05) is 12.5 Å². The highest BCUT2D eigenvalue weighted by Gasteiger charge is 2.27. The molecule has 1 fully saturated rings. The number of unbranched alkanes of at least 4 members (excludes halogenated alkanes) is 1. The van der Waals surface area contributed by atoms with E-state index in [1.807, 2.05) is 13.8 Å². The predicted molar refractivity (Wildman–Crippen MR) is 59.4 cm³/mol. The number of carbonyl (C=O) groups is 1. The summed E-state index contributed by atoms with van der Waals surface area (Å²) in [6, 6.07) is 0. The van der Waals surface area contributed by atoms with Gasteiger partial charge in [0.25, 0.3) is 0 Å². The van der Waals surface area contributed by atoms with E-state index in [1.165, 1.54) is 0 Å². The van der Waals surface area contributed by atoms with Crippen LogP contribution in [-0.2, 0) is 9.47 Å². The molecule has 0 spiro atoms. The molecule has 0 saturated carbocycles. The second-order valence-corrected chi connectivity index (χ2v) is 4.62. The standard InChI is InChI=1S/C11H21NO4/c1-11(2)15-7-9(8-16-11)5-3-4-6-12-10(13)14/h9,12H,3-8H2,1-2H3,(H,13,14). The number of nitrogens with one attached hydrogen (secondary N) is 1. The van der Waals surface area contributed by atoms with Gasteiger partial charge in [0.15, 0.2) is 5.79 Å². The molecule has 0 aromatic heterocycles. The average Bonchev–Trinajstić information content (AvgIpc) is 2.19. The van der Waals surface area contributed by atoms with Gasteiger partial charge in [-0.2, -0.15) is 0 Å². The van der Waals surface area contributed by atoms with Crippen LogP contribution >= 0.6 is 0 Å². The zero-order chi connectivity index (χ0) is 12.0. The lowest BCUT2D eigenvalue weighted by Gasteiger charge is -2.35. The molecule has 1 aliphatic rings. The zero-order valence-corrected chi connectivity index (χ0v) is 9.99. The van der Waals surface area contributed by atoms with Crippen LogP contribution in [0.15, 0.2) is 0 Å². The second-order valence-electron chi connectivity index (χ2n) is 4.62. The molecule has 1 heterocycles. The molecule has 5 heteroatoms. The number of hydrogen-bond acceptors (Lipinski definition) is 3. The van der Waals surface area contributed by atoms with Crippen molar-refractivity contribution in [1.29, 1.82) is 0 Å². The number of ether oxygens (including phenoxy) is 2. The maximum absolute atomic E-state index is 10.2. The Kier molecular flexibility index (Phi) is 5.02. The van der Waals surface area contributed by atoms with Crippen LogP contribution in [0, 0.1) is 5.92 Å². The minimum atomic E-state index is -0.953. The Morgan fingerprint density at radius 1 is 1.38 bits per heavy atom. The third-order valence-corrected chi connectivity index (χ3v) is 2.65. The minimum absolute atomic E-state index is 0.442. The van der Waals surface area contributed by atoms with Crippen molar-refractivity contribution in [2.24, 2.45) is 5.92 Å². The fraction of sp³-hybridized carbons (Fsp3) is 0.909. The van der Waals surface area contributed by atoms with Gasteiger partial charge in [0.1, 0.15) is 0 Å². The Morgan fingerprint density at radius 2 is 2.00 bits per heavy atom. The van der Waals surface area contributed by atoms with E-state index >= 15 is 0 Å². The van der Waals surface area contributed by atoms with Crippen LogP contribution in [0.3, 0.4) is 0 Å². The lowest BCUT2D eigenvalue weighted by atomic mass is 10.0. The van der Waals surface area contributed by atoms with Gasteiger partial charge in [0.05, 0.1) is 13.2 Å². The molecular formula is C11H21NO4. The van der Waals surface area contributed by atoms with Crippen LogP contribution in [0.2, 0.25) is 0 Å². The summed E-state index contributed by atoms with van der Waals surface area (Å²) >= 11 is 0. The third kappa shape index (κ3) is 5.32. The molecule has 0 aromatic rings. The van der Waals surface area contributed by atoms with E-state index in [1.54, 1.807) is 0 Å². The first-order chi connectivity index (χ1) is 7.49. The van der Waals surface area contributed by atoms with Crippen molar-refractivity contribution in [2.45, 2.75) is 38.9 Å². The third-order valence-electron chi connectivity index (χ3n) is 2.65. The highest BCUT2D eigenvalue weighted by atomic mass is 16.7. The number of hydrogen-bond donors (Lipinski definition) is 2. The Balaban J connectivity index is 2.00. The van der Waals surface area contributed by atoms with Crippen molar-refractivity contribution < 1.29 is 19.4 Å². The predicted octanol–water partition coefficient (Wildman–Crippen LogP) is 1.82. The SMILES string of the molecule is CC1(C)OCC(CCCCNC(=O)O)CO1. The maximum atomic E-state index is 10.2. The van der Waals surface area contributed by atoms with Crippen molar-refractivity contribution in [2.75, 3.05) is 19.8 Å². The van der Waals surface area contributed by atoms with Gasteiger partial charge in [-0.3, -0.25) is 0 Å². The van der Waals surface area contributed by atoms with Gasteiger partial charge in [-0.1, -0.05) is 6.42 Å². The summed E-state index contributed by atoms with van der Waals surface area (Å²) in [4.78, 5) is 10.2. The van der Waals surface area contributed by atoms with Crippen molar-refractivity contribution in [3.8, 4) is 0 Å². The Bertz CT molecular complexity index is 220. The molecule has 16 heavy (non-hydrogen) atoms. The Labute approximate surface area is 96.1 Å². The summed E-state index contributed by atoms with van der Waals surface area (Å²) in [6.45, 7) is 5.83. The topological polar surface area (TPSA) is 67.8 Å². The van der Waals surface area contributed by atoms with Gasteiger partial charge in [-0.25, -0.2) is 4.79 Å². The van der Waals surface area contributed by atoms with Crippen LogP contribution < -0.4 is 5.32 Å². The minimum Gasteiger partial charge on any atom is -0.465 e.